The van der Waals surface area contributed by atoms with Gasteiger partial charge in [-0.15, -0.1) is 0 Å². The molecule has 1 aliphatic rings. The van der Waals surface area contributed by atoms with Gasteiger partial charge in [0, 0.05) is 25.2 Å². The summed E-state index contributed by atoms with van der Waals surface area (Å²) in [6.45, 7) is 6.91. The van der Waals surface area contributed by atoms with Crippen LogP contribution in [0.25, 0.3) is 0 Å². The molecule has 0 aromatic heterocycles. The van der Waals surface area contributed by atoms with Gasteiger partial charge >= 0.3 is 11.9 Å². The SMILES string of the molecule is CCCCC(CCCCCN1CCOCC1)OC(=O)/C=C/C(=O)O. The maximum Gasteiger partial charge on any atom is 0.331 e. The van der Waals surface area contributed by atoms with Gasteiger partial charge in [-0.3, -0.25) is 4.90 Å². The molecule has 0 radical (unpaired) electrons. The Morgan fingerprint density at radius 1 is 1.12 bits per heavy atom. The lowest BCUT2D eigenvalue weighted by Crippen LogP contribution is -2.36. The van der Waals surface area contributed by atoms with E-state index in [-0.39, 0.29) is 6.10 Å². The molecule has 1 atom stereocenters. The van der Waals surface area contributed by atoms with E-state index < -0.39 is 11.9 Å². The molecule has 0 spiro atoms. The number of carbonyl (C=O) groups is 2. The Kier molecular flexibility index (Phi) is 11.1. The van der Waals surface area contributed by atoms with Gasteiger partial charge in [0.25, 0.3) is 0 Å². The molecule has 1 saturated heterocycles. The first kappa shape index (κ1) is 20.6. The van der Waals surface area contributed by atoms with E-state index in [4.69, 9.17) is 14.6 Å². The monoisotopic (exact) mass is 341 g/mol. The fraction of sp³-hybridized carbons (Fsp3) is 0.778. The van der Waals surface area contributed by atoms with E-state index in [1.54, 1.807) is 0 Å². The summed E-state index contributed by atoms with van der Waals surface area (Å²) in [4.78, 5) is 24.5. The summed E-state index contributed by atoms with van der Waals surface area (Å²) in [5, 5.41) is 8.54. The van der Waals surface area contributed by atoms with Gasteiger partial charge in [-0.25, -0.2) is 9.59 Å². The Balaban J connectivity index is 2.21. The van der Waals surface area contributed by atoms with Gasteiger partial charge in [0.2, 0.25) is 0 Å². The Morgan fingerprint density at radius 3 is 2.50 bits per heavy atom. The third-order valence-electron chi connectivity index (χ3n) is 4.13. The van der Waals surface area contributed by atoms with Crippen LogP contribution >= 0.6 is 0 Å². The summed E-state index contributed by atoms with van der Waals surface area (Å²) >= 11 is 0. The molecule has 138 valence electrons. The van der Waals surface area contributed by atoms with E-state index in [2.05, 4.69) is 11.8 Å². The summed E-state index contributed by atoms with van der Waals surface area (Å²) in [7, 11) is 0. The number of ether oxygens (including phenoxy) is 2. The van der Waals surface area contributed by atoms with E-state index in [9.17, 15) is 9.59 Å². The van der Waals surface area contributed by atoms with E-state index >= 15 is 0 Å². The van der Waals surface area contributed by atoms with Crippen molar-refractivity contribution in [1.82, 2.24) is 4.90 Å². The van der Waals surface area contributed by atoms with E-state index in [1.165, 1.54) is 0 Å². The van der Waals surface area contributed by atoms with Crippen LogP contribution < -0.4 is 0 Å². The van der Waals surface area contributed by atoms with Crippen LogP contribution in [0.15, 0.2) is 12.2 Å². The average molecular weight is 341 g/mol. The summed E-state index contributed by atoms with van der Waals surface area (Å²) in [6, 6.07) is 0. The zero-order valence-electron chi connectivity index (χ0n) is 14.7. The maximum atomic E-state index is 11.6. The minimum Gasteiger partial charge on any atom is -0.478 e. The number of aliphatic carboxylic acids is 1. The van der Waals surface area contributed by atoms with Crippen molar-refractivity contribution in [1.29, 1.82) is 0 Å². The first-order chi connectivity index (χ1) is 11.6. The van der Waals surface area contributed by atoms with Crippen LogP contribution in [-0.4, -0.2) is 60.9 Å². The molecule has 0 aromatic rings. The molecule has 0 amide bonds. The van der Waals surface area contributed by atoms with E-state index in [1.807, 2.05) is 0 Å². The van der Waals surface area contributed by atoms with Crippen molar-refractivity contribution < 1.29 is 24.2 Å². The zero-order chi connectivity index (χ0) is 17.6. The largest absolute Gasteiger partial charge is 0.478 e. The molecule has 24 heavy (non-hydrogen) atoms. The standard InChI is InChI=1S/C18H31NO5/c1-2-3-7-16(24-18(22)10-9-17(20)21)8-5-4-6-11-19-12-14-23-15-13-19/h9-10,16H,2-8,11-15H2,1H3,(H,20,21)/b10-9+. The van der Waals surface area contributed by atoms with E-state index in [0.29, 0.717) is 0 Å². The van der Waals surface area contributed by atoms with Crippen LogP contribution in [0.2, 0.25) is 0 Å². The maximum absolute atomic E-state index is 11.6. The fourth-order valence-electron chi connectivity index (χ4n) is 2.75. The van der Waals surface area contributed by atoms with Crippen molar-refractivity contribution in [2.75, 3.05) is 32.8 Å². The molecule has 1 rings (SSSR count). The zero-order valence-corrected chi connectivity index (χ0v) is 14.7. The molecule has 1 aliphatic heterocycles. The number of carboxylic acids is 1. The number of carbonyl (C=O) groups excluding carboxylic acids is 1. The van der Waals surface area contributed by atoms with Crippen molar-refractivity contribution in [2.45, 2.75) is 58.0 Å². The molecule has 6 heteroatoms. The summed E-state index contributed by atoms with van der Waals surface area (Å²) in [6.07, 6.45) is 8.72. The highest BCUT2D eigenvalue weighted by atomic mass is 16.5. The van der Waals surface area contributed by atoms with Crippen molar-refractivity contribution in [3.05, 3.63) is 12.2 Å². The van der Waals surface area contributed by atoms with Crippen molar-refractivity contribution in [3.63, 3.8) is 0 Å². The van der Waals surface area contributed by atoms with Gasteiger partial charge < -0.3 is 14.6 Å². The van der Waals surface area contributed by atoms with Crippen LogP contribution in [-0.2, 0) is 19.1 Å². The summed E-state index contributed by atoms with van der Waals surface area (Å²) < 4.78 is 10.7. The predicted molar refractivity (Wildman–Crippen MR) is 91.9 cm³/mol. The molecule has 6 nitrogen and oxygen atoms in total. The van der Waals surface area contributed by atoms with E-state index in [0.717, 1.165) is 89.9 Å². The quantitative estimate of drug-likeness (QED) is 0.334. The number of morpholine rings is 1. The Bertz CT molecular complexity index is 391. The number of unbranched alkanes of at least 4 members (excludes halogenated alkanes) is 3. The van der Waals surface area contributed by atoms with Gasteiger partial charge in [0.05, 0.1) is 13.2 Å². The van der Waals surface area contributed by atoms with Crippen molar-refractivity contribution >= 4 is 11.9 Å². The van der Waals surface area contributed by atoms with Gasteiger partial charge in [-0.05, 0) is 32.2 Å². The minimum absolute atomic E-state index is 0.112. The second-order valence-corrected chi connectivity index (χ2v) is 6.18. The molecule has 1 heterocycles. The first-order valence-corrected chi connectivity index (χ1v) is 9.03. The molecule has 1 unspecified atom stereocenters. The van der Waals surface area contributed by atoms with Crippen LogP contribution in [0.5, 0.6) is 0 Å². The summed E-state index contributed by atoms with van der Waals surface area (Å²) in [5.74, 6) is -1.70. The minimum atomic E-state index is -1.14. The highest BCUT2D eigenvalue weighted by Crippen LogP contribution is 2.14. The molecule has 1 fully saturated rings. The number of hydrogen-bond donors (Lipinski definition) is 1. The molecule has 1 N–H and O–H groups in total. The molecule has 0 bridgehead atoms. The predicted octanol–water partition coefficient (Wildman–Crippen LogP) is 2.62. The van der Waals surface area contributed by atoms with Crippen molar-refractivity contribution in [3.8, 4) is 0 Å². The van der Waals surface area contributed by atoms with Crippen LogP contribution in [0.3, 0.4) is 0 Å². The lowest BCUT2D eigenvalue weighted by atomic mass is 10.0. The second-order valence-electron chi connectivity index (χ2n) is 6.18. The number of rotatable bonds is 12. The molecular weight excluding hydrogens is 310 g/mol. The van der Waals surface area contributed by atoms with Gasteiger partial charge in [0.1, 0.15) is 6.10 Å². The van der Waals surface area contributed by atoms with Gasteiger partial charge in [-0.1, -0.05) is 26.2 Å². The Morgan fingerprint density at radius 2 is 1.83 bits per heavy atom. The lowest BCUT2D eigenvalue weighted by Gasteiger charge is -2.26. The lowest BCUT2D eigenvalue weighted by molar-refractivity contribution is -0.144. The number of esters is 1. The number of nitrogens with zero attached hydrogens (tertiary/aromatic N) is 1. The summed E-state index contributed by atoms with van der Waals surface area (Å²) in [5.41, 5.74) is 0. The molecular formula is C18H31NO5. The number of hydrogen-bond acceptors (Lipinski definition) is 5. The normalized spacial score (nSPS) is 17.0. The first-order valence-electron chi connectivity index (χ1n) is 9.03. The second kappa shape index (κ2) is 13.0. The smallest absolute Gasteiger partial charge is 0.331 e. The fourth-order valence-corrected chi connectivity index (χ4v) is 2.75. The third kappa shape index (κ3) is 10.4. The number of carboxylic acid groups (broad SMARTS) is 1. The molecule has 0 saturated carbocycles. The van der Waals surface area contributed by atoms with Gasteiger partial charge in [-0.2, -0.15) is 0 Å². The topological polar surface area (TPSA) is 76.1 Å². The Hall–Kier alpha value is -1.40. The highest BCUT2D eigenvalue weighted by molar-refractivity contribution is 5.90. The van der Waals surface area contributed by atoms with Crippen LogP contribution in [0, 0.1) is 0 Å². The Labute approximate surface area is 144 Å². The third-order valence-corrected chi connectivity index (χ3v) is 4.13. The van der Waals surface area contributed by atoms with Crippen LogP contribution in [0.4, 0.5) is 0 Å². The molecule has 0 aliphatic carbocycles. The molecule has 0 aromatic carbocycles. The average Bonchev–Trinajstić information content (AvgIpc) is 2.58. The van der Waals surface area contributed by atoms with Gasteiger partial charge in [0.15, 0.2) is 0 Å². The highest BCUT2D eigenvalue weighted by Gasteiger charge is 2.13. The van der Waals surface area contributed by atoms with Crippen molar-refractivity contribution in [2.24, 2.45) is 0 Å². The van der Waals surface area contributed by atoms with Crippen LogP contribution in [0.1, 0.15) is 51.9 Å².